The van der Waals surface area contributed by atoms with Gasteiger partial charge in [-0.2, -0.15) is 0 Å². The third-order valence-electron chi connectivity index (χ3n) is 3.51. The van der Waals surface area contributed by atoms with Gasteiger partial charge >= 0.3 is 0 Å². The fraction of sp³-hybridized carbons (Fsp3) is 0.222. The number of thiophene rings is 1. The van der Waals surface area contributed by atoms with E-state index in [1.54, 1.807) is 11.3 Å². The van der Waals surface area contributed by atoms with Gasteiger partial charge in [-0.15, -0.1) is 11.3 Å². The molecule has 2 aromatic carbocycles. The summed E-state index contributed by atoms with van der Waals surface area (Å²) in [5.41, 5.74) is 3.71. The molecule has 0 saturated carbocycles. The number of para-hydroxylation sites is 1. The summed E-state index contributed by atoms with van der Waals surface area (Å²) in [6, 6.07) is 16.9. The summed E-state index contributed by atoms with van der Waals surface area (Å²) in [5, 5.41) is 7.13. The molecule has 0 atom stereocenters. The Morgan fingerprint density at radius 3 is 2.71 bits per heavy atom. The first-order valence-electron chi connectivity index (χ1n) is 7.23. The number of benzene rings is 2. The zero-order valence-corrected chi connectivity index (χ0v) is 13.0. The maximum absolute atomic E-state index is 5.53. The molecule has 3 heteroatoms. The van der Waals surface area contributed by atoms with Crippen LogP contribution in [0.4, 0.5) is 5.69 Å². The molecule has 108 valence electrons. The second kappa shape index (κ2) is 6.74. The minimum atomic E-state index is 0.657. The first kappa shape index (κ1) is 14.1. The van der Waals surface area contributed by atoms with Gasteiger partial charge in [-0.3, -0.25) is 0 Å². The van der Waals surface area contributed by atoms with Crippen LogP contribution in [0.2, 0.25) is 0 Å². The molecule has 0 aliphatic heterocycles. The fourth-order valence-corrected chi connectivity index (χ4v) is 3.35. The Hall–Kier alpha value is -1.84. The van der Waals surface area contributed by atoms with Crippen molar-refractivity contribution in [2.75, 3.05) is 11.9 Å². The van der Waals surface area contributed by atoms with Crippen molar-refractivity contribution in [1.82, 2.24) is 0 Å². The molecule has 0 bridgehead atoms. The van der Waals surface area contributed by atoms with Crippen LogP contribution in [-0.2, 0) is 17.9 Å². The highest BCUT2D eigenvalue weighted by Crippen LogP contribution is 2.26. The molecule has 1 N–H and O–H groups in total. The summed E-state index contributed by atoms with van der Waals surface area (Å²) >= 11 is 1.80. The summed E-state index contributed by atoms with van der Waals surface area (Å²) < 4.78 is 6.87. The van der Waals surface area contributed by atoms with E-state index in [-0.39, 0.29) is 0 Å². The average molecular weight is 297 g/mol. The third-order valence-corrected chi connectivity index (χ3v) is 4.52. The number of anilines is 1. The summed E-state index contributed by atoms with van der Waals surface area (Å²) in [7, 11) is 0. The molecule has 0 aliphatic carbocycles. The number of ether oxygens (including phenoxy) is 1. The quantitative estimate of drug-likeness (QED) is 0.687. The Balaban J connectivity index is 1.75. The standard InChI is InChI=1S/C18H19NOS/c1-2-20-12-14-7-3-5-9-17(14)19-11-15-13-21-18-10-6-4-8-16(15)18/h3-10,13,19H,2,11-12H2,1H3. The van der Waals surface area contributed by atoms with Crippen LogP contribution in [0.15, 0.2) is 53.9 Å². The molecule has 0 spiro atoms. The highest BCUT2D eigenvalue weighted by atomic mass is 32.1. The van der Waals surface area contributed by atoms with Gasteiger partial charge in [-0.05, 0) is 35.4 Å². The van der Waals surface area contributed by atoms with Crippen molar-refractivity contribution in [2.24, 2.45) is 0 Å². The molecule has 1 heterocycles. The molecule has 0 radical (unpaired) electrons. The van der Waals surface area contributed by atoms with E-state index in [0.29, 0.717) is 6.61 Å². The monoisotopic (exact) mass is 297 g/mol. The normalized spacial score (nSPS) is 10.9. The number of hydrogen-bond acceptors (Lipinski definition) is 3. The van der Waals surface area contributed by atoms with Gasteiger partial charge in [0.2, 0.25) is 0 Å². The van der Waals surface area contributed by atoms with Crippen molar-refractivity contribution in [1.29, 1.82) is 0 Å². The van der Waals surface area contributed by atoms with Crippen LogP contribution < -0.4 is 5.32 Å². The summed E-state index contributed by atoms with van der Waals surface area (Å²) in [4.78, 5) is 0. The van der Waals surface area contributed by atoms with Crippen molar-refractivity contribution in [3.05, 3.63) is 65.0 Å². The van der Waals surface area contributed by atoms with Crippen LogP contribution in [-0.4, -0.2) is 6.61 Å². The number of nitrogens with one attached hydrogen (secondary N) is 1. The SMILES string of the molecule is CCOCc1ccccc1NCc1csc2ccccc12. The van der Waals surface area contributed by atoms with E-state index in [4.69, 9.17) is 4.74 Å². The second-order valence-corrected chi connectivity index (χ2v) is 5.82. The molecule has 2 nitrogen and oxygen atoms in total. The Labute approximate surface area is 129 Å². The van der Waals surface area contributed by atoms with Gasteiger partial charge in [-0.25, -0.2) is 0 Å². The largest absolute Gasteiger partial charge is 0.381 e. The van der Waals surface area contributed by atoms with Crippen molar-refractivity contribution >= 4 is 27.1 Å². The summed E-state index contributed by atoms with van der Waals surface area (Å²) in [6.45, 7) is 4.26. The predicted molar refractivity (Wildman–Crippen MR) is 90.9 cm³/mol. The van der Waals surface area contributed by atoms with Gasteiger partial charge in [-0.1, -0.05) is 36.4 Å². The maximum atomic E-state index is 5.53. The third kappa shape index (κ3) is 3.26. The zero-order valence-electron chi connectivity index (χ0n) is 12.1. The van der Waals surface area contributed by atoms with Gasteiger partial charge in [0.25, 0.3) is 0 Å². The van der Waals surface area contributed by atoms with Crippen LogP contribution in [0.25, 0.3) is 10.1 Å². The molecule has 0 fully saturated rings. The molecular weight excluding hydrogens is 278 g/mol. The van der Waals surface area contributed by atoms with E-state index in [1.165, 1.54) is 21.2 Å². The lowest BCUT2D eigenvalue weighted by Crippen LogP contribution is -2.03. The summed E-state index contributed by atoms with van der Waals surface area (Å²) in [5.74, 6) is 0. The minimum absolute atomic E-state index is 0.657. The lowest BCUT2D eigenvalue weighted by atomic mass is 10.1. The lowest BCUT2D eigenvalue weighted by molar-refractivity contribution is 0.134. The van der Waals surface area contributed by atoms with Crippen LogP contribution in [0, 0.1) is 0 Å². The molecule has 0 saturated heterocycles. The number of rotatable bonds is 6. The van der Waals surface area contributed by atoms with E-state index in [0.717, 1.165) is 18.8 Å². The minimum Gasteiger partial charge on any atom is -0.381 e. The highest BCUT2D eigenvalue weighted by Gasteiger charge is 2.05. The first-order chi connectivity index (χ1) is 10.4. The molecule has 3 aromatic rings. The number of hydrogen-bond donors (Lipinski definition) is 1. The van der Waals surface area contributed by atoms with Gasteiger partial charge in [0, 0.05) is 29.1 Å². The average Bonchev–Trinajstić information content (AvgIpc) is 2.95. The zero-order chi connectivity index (χ0) is 14.5. The van der Waals surface area contributed by atoms with Crippen molar-refractivity contribution in [3.63, 3.8) is 0 Å². The Morgan fingerprint density at radius 2 is 1.81 bits per heavy atom. The Bertz CT molecular complexity index is 720. The van der Waals surface area contributed by atoms with Crippen molar-refractivity contribution < 1.29 is 4.74 Å². The van der Waals surface area contributed by atoms with E-state index >= 15 is 0 Å². The molecule has 1 aromatic heterocycles. The Morgan fingerprint density at radius 1 is 1.00 bits per heavy atom. The van der Waals surface area contributed by atoms with Gasteiger partial charge in [0.05, 0.1) is 6.61 Å². The topological polar surface area (TPSA) is 21.3 Å². The van der Waals surface area contributed by atoms with E-state index < -0.39 is 0 Å². The Kier molecular flexibility index (Phi) is 4.53. The van der Waals surface area contributed by atoms with Gasteiger partial charge < -0.3 is 10.1 Å². The van der Waals surface area contributed by atoms with E-state index in [9.17, 15) is 0 Å². The smallest absolute Gasteiger partial charge is 0.0736 e. The molecular formula is C18H19NOS. The van der Waals surface area contributed by atoms with E-state index in [2.05, 4.69) is 59.2 Å². The molecule has 0 aliphatic rings. The van der Waals surface area contributed by atoms with E-state index in [1.807, 2.05) is 6.92 Å². The van der Waals surface area contributed by atoms with Gasteiger partial charge in [0.15, 0.2) is 0 Å². The molecule has 0 amide bonds. The van der Waals surface area contributed by atoms with Crippen molar-refractivity contribution in [2.45, 2.75) is 20.1 Å². The highest BCUT2D eigenvalue weighted by molar-refractivity contribution is 7.17. The molecule has 21 heavy (non-hydrogen) atoms. The lowest BCUT2D eigenvalue weighted by Gasteiger charge is -2.11. The molecule has 0 unspecified atom stereocenters. The van der Waals surface area contributed by atoms with Gasteiger partial charge in [0.1, 0.15) is 0 Å². The maximum Gasteiger partial charge on any atom is 0.0736 e. The van der Waals surface area contributed by atoms with Crippen molar-refractivity contribution in [3.8, 4) is 0 Å². The second-order valence-electron chi connectivity index (χ2n) is 4.90. The molecule has 3 rings (SSSR count). The first-order valence-corrected chi connectivity index (χ1v) is 8.11. The van der Waals surface area contributed by atoms with Crippen LogP contribution >= 0.6 is 11.3 Å². The predicted octanol–water partition coefficient (Wildman–Crippen LogP) is 5.05. The number of fused-ring (bicyclic) bond motifs is 1. The van der Waals surface area contributed by atoms with Crippen LogP contribution in [0.1, 0.15) is 18.1 Å². The van der Waals surface area contributed by atoms with Crippen LogP contribution in [0.3, 0.4) is 0 Å². The summed E-state index contributed by atoms with van der Waals surface area (Å²) in [6.07, 6.45) is 0. The van der Waals surface area contributed by atoms with Crippen LogP contribution in [0.5, 0.6) is 0 Å². The fourth-order valence-electron chi connectivity index (χ4n) is 2.39.